The molecule has 3 aliphatic rings. The number of halogens is 1. The van der Waals surface area contributed by atoms with Gasteiger partial charge in [0.25, 0.3) is 0 Å². The number of imidazole rings is 2. The van der Waals surface area contributed by atoms with Crippen LogP contribution in [0.1, 0.15) is 12.5 Å². The summed E-state index contributed by atoms with van der Waals surface area (Å²) in [7, 11) is 0. The van der Waals surface area contributed by atoms with Gasteiger partial charge in [0, 0.05) is 0 Å². The summed E-state index contributed by atoms with van der Waals surface area (Å²) in [5.74, 6) is 0.140. The number of hydrogen-bond acceptors (Lipinski definition) is 17. The van der Waals surface area contributed by atoms with Crippen molar-refractivity contribution in [2.24, 2.45) is 0 Å². The van der Waals surface area contributed by atoms with E-state index >= 15 is 4.39 Å². The van der Waals surface area contributed by atoms with Crippen LogP contribution in [0.4, 0.5) is 16.0 Å². The van der Waals surface area contributed by atoms with E-state index in [-0.39, 0.29) is 34.0 Å². The van der Waals surface area contributed by atoms with Crippen molar-refractivity contribution in [2.75, 3.05) is 24.7 Å². The van der Waals surface area contributed by atoms with Gasteiger partial charge in [-0.1, -0.05) is 24.5 Å². The van der Waals surface area contributed by atoms with Gasteiger partial charge < -0.3 is 26.0 Å². The Balaban J connectivity index is 1.20. The summed E-state index contributed by atoms with van der Waals surface area (Å²) in [5.41, 5.74) is 12.5. The van der Waals surface area contributed by atoms with E-state index in [0.29, 0.717) is 0 Å². The summed E-state index contributed by atoms with van der Waals surface area (Å²) in [4.78, 5) is 24.3. The van der Waals surface area contributed by atoms with E-state index in [1.54, 1.807) is 0 Å². The van der Waals surface area contributed by atoms with Crippen LogP contribution in [0, 0.1) is 0 Å². The molecule has 2 bridgehead atoms. The number of aromatic nitrogens is 8. The largest absolute Gasteiger partial charge is 0.387 e. The highest BCUT2D eigenvalue weighted by atomic mass is 32.7. The van der Waals surface area contributed by atoms with E-state index in [2.05, 4.69) is 54.4 Å². The van der Waals surface area contributed by atoms with E-state index in [4.69, 9.17) is 39.0 Å². The van der Waals surface area contributed by atoms with Crippen molar-refractivity contribution < 1.29 is 46.2 Å². The van der Waals surface area contributed by atoms with Gasteiger partial charge in [-0.3, -0.25) is 27.2 Å². The molecule has 0 aromatic carbocycles. The fraction of sp³-hybridized carbons (Fsp3) is 0.500. The quantitative estimate of drug-likeness (QED) is 0.146. The minimum atomic E-state index is -4.36. The van der Waals surface area contributed by atoms with Crippen molar-refractivity contribution in [1.82, 2.24) is 39.0 Å². The lowest BCUT2D eigenvalue weighted by molar-refractivity contribution is -0.0568. The number of anilines is 2. The molecule has 0 amide bonds. The van der Waals surface area contributed by atoms with Gasteiger partial charge in [-0.25, -0.2) is 43.4 Å². The number of alkyl halides is 1. The Morgan fingerprint density at radius 2 is 1.30 bits per heavy atom. The summed E-state index contributed by atoms with van der Waals surface area (Å²) < 4.78 is 79.4. The first-order chi connectivity index (χ1) is 20.9. The van der Waals surface area contributed by atoms with Crippen LogP contribution in [-0.4, -0.2) is 94.0 Å². The zero-order valence-corrected chi connectivity index (χ0v) is 25.5. The van der Waals surface area contributed by atoms with Crippen LogP contribution in [0.5, 0.6) is 0 Å². The Hall–Kier alpha value is -2.49. The zero-order valence-electron chi connectivity index (χ0n) is 22.0. The molecule has 3 aliphatic heterocycles. The number of fused-ring (bicyclic) bond motifs is 5. The van der Waals surface area contributed by atoms with Crippen LogP contribution in [-0.2, 0) is 36.7 Å². The number of hydrogen-bond donors (Lipinski definition) is 5. The van der Waals surface area contributed by atoms with Gasteiger partial charge >= 0.3 is 13.6 Å². The van der Waals surface area contributed by atoms with Gasteiger partial charge in [0.1, 0.15) is 54.2 Å². The van der Waals surface area contributed by atoms with Gasteiger partial charge in [-0.2, -0.15) is 0 Å². The molecule has 236 valence electrons. The van der Waals surface area contributed by atoms with Gasteiger partial charge in [-0.05, 0) is 0 Å². The average Bonchev–Trinajstić information content (AvgIpc) is 3.73. The van der Waals surface area contributed by atoms with Crippen molar-refractivity contribution in [1.29, 1.82) is 0 Å². The summed E-state index contributed by atoms with van der Waals surface area (Å²) in [5, 5.41) is 11.1. The highest BCUT2D eigenvalue weighted by Gasteiger charge is 2.54. The fourth-order valence-corrected chi connectivity index (χ4v) is 8.13. The maximum absolute atomic E-state index is 16.0. The summed E-state index contributed by atoms with van der Waals surface area (Å²) in [6.45, 7) is -9.91. The molecule has 4 aromatic rings. The summed E-state index contributed by atoms with van der Waals surface area (Å²) in [6, 6.07) is 0. The number of nitrogens with two attached hydrogens (primary N) is 2. The minimum absolute atomic E-state index is 0.0580. The van der Waals surface area contributed by atoms with Gasteiger partial charge in [-0.15, -0.1) is 0 Å². The number of thiol groups is 2. The molecular weight excluding hydrogens is 669 g/mol. The first-order valence-corrected chi connectivity index (χ1v) is 18.1. The molecule has 19 nitrogen and oxygen atoms in total. The number of nitrogen functional groups attached to an aromatic ring is 2. The predicted octanol–water partition coefficient (Wildman–Crippen LogP) is 1.22. The second-order valence-electron chi connectivity index (χ2n) is 9.90. The summed E-state index contributed by atoms with van der Waals surface area (Å²) in [6.07, 6.45) is -6.89. The number of ether oxygens (including phenoxy) is 2. The second-order valence-corrected chi connectivity index (χ2v) is 15.7. The van der Waals surface area contributed by atoms with Gasteiger partial charge in [0.05, 0.1) is 25.9 Å². The van der Waals surface area contributed by atoms with Crippen LogP contribution < -0.4 is 11.5 Å². The highest BCUT2D eigenvalue weighted by Crippen LogP contribution is 2.60. The van der Waals surface area contributed by atoms with Crippen molar-refractivity contribution >= 4 is 72.1 Å². The molecule has 3 saturated heterocycles. The zero-order chi connectivity index (χ0) is 31.0. The van der Waals surface area contributed by atoms with Crippen LogP contribution >= 0.6 is 38.1 Å². The first-order valence-electron chi connectivity index (χ1n) is 12.7. The van der Waals surface area contributed by atoms with Crippen molar-refractivity contribution in [3.05, 3.63) is 25.3 Å². The lowest BCUT2D eigenvalue weighted by Crippen LogP contribution is -2.35. The standard InChI is InChI=1S/C20H23FN10O9P2S2/c21-9-13-8(38-19(9)30-5-28-10-15(22)24-3-26-17(10)30)2-36-42(34,44)40-14-12(32)7(1-35-41(33,43)39-13)37-20(14)31-6-29-11-16(23)25-4-27-18(11)31/h3-9,12-14,19-20,32H,1-2H2,(H,33,43)(H,34,44)(H2,22,24,26)(H2,23,25,27)/t7-,8-,9+,12?,13+,14+,19-,20-,41?,42?/m1/s1. The average molecular weight is 693 g/mol. The Kier molecular flexibility index (Phi) is 7.61. The fourth-order valence-electron chi connectivity index (χ4n) is 5.19. The molecule has 44 heavy (non-hydrogen) atoms. The molecule has 3 fully saturated rings. The molecule has 10 atom stereocenters. The molecular formula is C20H23FN10O9P2S2. The maximum Gasteiger partial charge on any atom is 0.386 e. The minimum Gasteiger partial charge on any atom is -0.387 e. The van der Waals surface area contributed by atoms with Crippen molar-refractivity contribution in [3.8, 4) is 0 Å². The van der Waals surface area contributed by atoms with Crippen LogP contribution in [0.15, 0.2) is 25.3 Å². The first kappa shape index (κ1) is 30.2. The number of rotatable bonds is 2. The molecule has 0 spiro atoms. The Morgan fingerprint density at radius 1 is 0.795 bits per heavy atom. The topological polar surface area (TPSA) is 249 Å². The SMILES string of the molecule is Nc1ncnc2c1ncn2[C@@H]1O[C@@H]2COP(=O)(S)O[C@H]3C(O)[C@@H](COP(=O)(S)O[C@@H]2[C@@H]1F)O[C@H]3n1cnc2c(N)ncnc21. The highest BCUT2D eigenvalue weighted by molar-refractivity contribution is 8.44. The number of nitrogens with zero attached hydrogens (tertiary/aromatic N) is 8. The molecule has 24 heteroatoms. The molecule has 0 saturated carbocycles. The molecule has 4 aromatic heterocycles. The molecule has 3 unspecified atom stereocenters. The lowest BCUT2D eigenvalue weighted by atomic mass is 10.1. The normalized spacial score (nSPS) is 38.3. The predicted molar refractivity (Wildman–Crippen MR) is 153 cm³/mol. The van der Waals surface area contributed by atoms with Crippen LogP contribution in [0.3, 0.4) is 0 Å². The molecule has 0 aliphatic carbocycles. The van der Waals surface area contributed by atoms with E-state index in [1.165, 1.54) is 34.4 Å². The van der Waals surface area contributed by atoms with Crippen molar-refractivity contribution in [2.45, 2.75) is 49.1 Å². The van der Waals surface area contributed by atoms with Gasteiger partial charge in [0.15, 0.2) is 41.6 Å². The molecule has 0 radical (unpaired) electrons. The Labute approximate surface area is 256 Å². The Morgan fingerprint density at radius 3 is 1.89 bits per heavy atom. The lowest BCUT2D eigenvalue weighted by Gasteiger charge is -2.26. The smallest absolute Gasteiger partial charge is 0.386 e. The third kappa shape index (κ3) is 5.26. The van der Waals surface area contributed by atoms with E-state index in [9.17, 15) is 14.2 Å². The summed E-state index contributed by atoms with van der Waals surface area (Å²) >= 11 is 8.08. The second kappa shape index (κ2) is 11.1. The number of aliphatic hydroxyl groups excluding tert-OH is 1. The monoisotopic (exact) mass is 692 g/mol. The van der Waals surface area contributed by atoms with Crippen molar-refractivity contribution in [3.63, 3.8) is 0 Å². The van der Waals surface area contributed by atoms with Crippen LogP contribution in [0.25, 0.3) is 22.3 Å². The molecule has 5 N–H and O–H groups in total. The Bertz CT molecular complexity index is 1840. The third-order valence-electron chi connectivity index (χ3n) is 7.22. The molecule has 7 rings (SSSR count). The van der Waals surface area contributed by atoms with Gasteiger partial charge in [0.2, 0.25) is 0 Å². The van der Waals surface area contributed by atoms with E-state index in [0.717, 1.165) is 0 Å². The maximum atomic E-state index is 16.0. The molecule has 7 heterocycles. The van der Waals surface area contributed by atoms with Crippen LogP contribution in [0.2, 0.25) is 0 Å². The van der Waals surface area contributed by atoms with E-state index < -0.39 is 76.0 Å². The van der Waals surface area contributed by atoms with E-state index in [1.807, 2.05) is 0 Å². The number of aliphatic hydroxyl groups is 1. The third-order valence-corrected chi connectivity index (χ3v) is 10.4.